The number of aldehydes is 1. The van der Waals surface area contributed by atoms with Crippen LogP contribution in [0.4, 0.5) is 5.69 Å². The monoisotopic (exact) mass is 230 g/mol. The smallest absolute Gasteiger partial charge is 0.161 e. The van der Waals surface area contributed by atoms with Gasteiger partial charge in [0.15, 0.2) is 6.10 Å². The molecule has 1 saturated heterocycles. The van der Waals surface area contributed by atoms with Crippen LogP contribution in [0.3, 0.4) is 0 Å². The number of nitrogens with zero attached hydrogens (tertiary/aromatic N) is 2. The topological polar surface area (TPSA) is 53.3 Å². The lowest BCUT2D eigenvalue weighted by Gasteiger charge is -2.31. The van der Waals surface area contributed by atoms with Gasteiger partial charge in [-0.1, -0.05) is 0 Å². The number of carbonyl (C=O) groups is 1. The Morgan fingerprint density at radius 2 is 2.41 bits per heavy atom. The van der Waals surface area contributed by atoms with E-state index in [1.54, 1.807) is 0 Å². The SMILES string of the molecule is Cc1cc(N2CCOC(C#N)C2)ccc1C=O. The summed E-state index contributed by atoms with van der Waals surface area (Å²) in [7, 11) is 0. The number of aryl methyl sites for hydroxylation is 1. The Bertz CT molecular complexity index is 465. The maximum Gasteiger partial charge on any atom is 0.161 e. The molecule has 88 valence electrons. The molecular formula is C13H14N2O2. The molecule has 1 aliphatic heterocycles. The number of ether oxygens (including phenoxy) is 1. The summed E-state index contributed by atoms with van der Waals surface area (Å²) < 4.78 is 5.30. The minimum Gasteiger partial charge on any atom is -0.366 e. The van der Waals surface area contributed by atoms with Gasteiger partial charge < -0.3 is 9.64 Å². The van der Waals surface area contributed by atoms with Crippen molar-refractivity contribution >= 4 is 12.0 Å². The Kier molecular flexibility index (Phi) is 3.40. The van der Waals surface area contributed by atoms with Crippen molar-refractivity contribution in [3.8, 4) is 6.07 Å². The van der Waals surface area contributed by atoms with Gasteiger partial charge in [-0.3, -0.25) is 4.79 Å². The van der Waals surface area contributed by atoms with E-state index < -0.39 is 0 Å². The fourth-order valence-electron chi connectivity index (χ4n) is 1.95. The van der Waals surface area contributed by atoms with Crippen LogP contribution in [-0.2, 0) is 4.74 Å². The summed E-state index contributed by atoms with van der Waals surface area (Å²) in [5.74, 6) is 0. The first-order chi connectivity index (χ1) is 8.24. The zero-order valence-corrected chi connectivity index (χ0v) is 9.72. The molecule has 17 heavy (non-hydrogen) atoms. The summed E-state index contributed by atoms with van der Waals surface area (Å²) in [6.45, 7) is 3.83. The molecule has 1 unspecified atom stereocenters. The highest BCUT2D eigenvalue weighted by molar-refractivity contribution is 5.78. The lowest BCUT2D eigenvalue weighted by atomic mass is 10.1. The Labute approximate surface area is 100 Å². The molecule has 0 radical (unpaired) electrons. The predicted octanol–water partition coefficient (Wildman–Crippen LogP) is 1.54. The molecule has 1 atom stereocenters. The molecule has 0 amide bonds. The van der Waals surface area contributed by atoms with Crippen LogP contribution in [0, 0.1) is 18.3 Å². The average Bonchev–Trinajstić information content (AvgIpc) is 2.38. The first-order valence-corrected chi connectivity index (χ1v) is 5.56. The van der Waals surface area contributed by atoms with E-state index in [2.05, 4.69) is 11.0 Å². The highest BCUT2D eigenvalue weighted by Gasteiger charge is 2.20. The van der Waals surface area contributed by atoms with E-state index >= 15 is 0 Å². The zero-order chi connectivity index (χ0) is 12.3. The molecule has 4 nitrogen and oxygen atoms in total. The molecule has 0 N–H and O–H groups in total. The quantitative estimate of drug-likeness (QED) is 0.723. The molecule has 1 aliphatic rings. The maximum atomic E-state index is 10.7. The maximum absolute atomic E-state index is 10.7. The number of anilines is 1. The number of hydrogen-bond donors (Lipinski definition) is 0. The molecule has 1 aromatic carbocycles. The summed E-state index contributed by atoms with van der Waals surface area (Å²) in [5, 5.41) is 8.84. The molecular weight excluding hydrogens is 216 g/mol. The molecule has 1 fully saturated rings. The van der Waals surface area contributed by atoms with Crippen LogP contribution in [0.2, 0.25) is 0 Å². The van der Waals surface area contributed by atoms with Crippen LogP contribution < -0.4 is 4.90 Å². The first kappa shape index (κ1) is 11.6. The van der Waals surface area contributed by atoms with Crippen LogP contribution >= 0.6 is 0 Å². The van der Waals surface area contributed by atoms with Crippen molar-refractivity contribution in [2.75, 3.05) is 24.6 Å². The molecule has 1 aromatic rings. The summed E-state index contributed by atoms with van der Waals surface area (Å²) >= 11 is 0. The highest BCUT2D eigenvalue weighted by atomic mass is 16.5. The van der Waals surface area contributed by atoms with E-state index in [4.69, 9.17) is 10.00 Å². The van der Waals surface area contributed by atoms with Crippen LogP contribution in [-0.4, -0.2) is 32.1 Å². The van der Waals surface area contributed by atoms with Crippen molar-refractivity contribution in [1.29, 1.82) is 5.26 Å². The first-order valence-electron chi connectivity index (χ1n) is 5.56. The zero-order valence-electron chi connectivity index (χ0n) is 9.72. The van der Waals surface area contributed by atoms with Crippen molar-refractivity contribution in [2.24, 2.45) is 0 Å². The highest BCUT2D eigenvalue weighted by Crippen LogP contribution is 2.20. The van der Waals surface area contributed by atoms with Crippen molar-refractivity contribution in [3.63, 3.8) is 0 Å². The second kappa shape index (κ2) is 4.98. The molecule has 0 bridgehead atoms. The summed E-state index contributed by atoms with van der Waals surface area (Å²) in [5.41, 5.74) is 2.70. The number of rotatable bonds is 2. The Balaban J connectivity index is 2.20. The summed E-state index contributed by atoms with van der Waals surface area (Å²) in [4.78, 5) is 12.8. The molecule has 4 heteroatoms. The van der Waals surface area contributed by atoms with Gasteiger partial charge in [0.1, 0.15) is 6.29 Å². The van der Waals surface area contributed by atoms with Gasteiger partial charge in [-0.15, -0.1) is 0 Å². The summed E-state index contributed by atoms with van der Waals surface area (Å²) in [6.07, 6.45) is 0.492. The molecule has 0 aromatic heterocycles. The van der Waals surface area contributed by atoms with Gasteiger partial charge in [-0.2, -0.15) is 5.26 Å². The second-order valence-electron chi connectivity index (χ2n) is 4.09. The minimum atomic E-state index is -0.366. The van der Waals surface area contributed by atoms with Crippen molar-refractivity contribution in [1.82, 2.24) is 0 Å². The minimum absolute atomic E-state index is 0.366. The Morgan fingerprint density at radius 1 is 1.59 bits per heavy atom. The van der Waals surface area contributed by atoms with Gasteiger partial charge in [-0.05, 0) is 30.7 Å². The van der Waals surface area contributed by atoms with Gasteiger partial charge in [0, 0.05) is 17.8 Å². The fourth-order valence-corrected chi connectivity index (χ4v) is 1.95. The van der Waals surface area contributed by atoms with Crippen LogP contribution in [0.1, 0.15) is 15.9 Å². The van der Waals surface area contributed by atoms with E-state index in [0.717, 1.165) is 24.1 Å². The van der Waals surface area contributed by atoms with E-state index in [0.29, 0.717) is 18.7 Å². The van der Waals surface area contributed by atoms with Gasteiger partial charge in [-0.25, -0.2) is 0 Å². The van der Waals surface area contributed by atoms with Gasteiger partial charge >= 0.3 is 0 Å². The van der Waals surface area contributed by atoms with Crippen LogP contribution in [0.25, 0.3) is 0 Å². The molecule has 0 aliphatic carbocycles. The Hall–Kier alpha value is -1.86. The van der Waals surface area contributed by atoms with Crippen LogP contribution in [0.15, 0.2) is 18.2 Å². The van der Waals surface area contributed by atoms with Crippen LogP contribution in [0.5, 0.6) is 0 Å². The van der Waals surface area contributed by atoms with E-state index in [9.17, 15) is 4.79 Å². The van der Waals surface area contributed by atoms with E-state index in [1.165, 1.54) is 0 Å². The summed E-state index contributed by atoms with van der Waals surface area (Å²) in [6, 6.07) is 7.82. The largest absolute Gasteiger partial charge is 0.366 e. The van der Waals surface area contributed by atoms with Crippen molar-refractivity contribution in [2.45, 2.75) is 13.0 Å². The molecule has 0 saturated carbocycles. The van der Waals surface area contributed by atoms with Crippen molar-refractivity contribution in [3.05, 3.63) is 29.3 Å². The molecule has 2 rings (SSSR count). The number of benzene rings is 1. The third-order valence-corrected chi connectivity index (χ3v) is 2.96. The number of carbonyl (C=O) groups excluding carboxylic acids is 1. The normalized spacial score (nSPS) is 19.8. The second-order valence-corrected chi connectivity index (χ2v) is 4.09. The van der Waals surface area contributed by atoms with Crippen molar-refractivity contribution < 1.29 is 9.53 Å². The fraction of sp³-hybridized carbons (Fsp3) is 0.385. The van der Waals surface area contributed by atoms with Gasteiger partial charge in [0.2, 0.25) is 0 Å². The van der Waals surface area contributed by atoms with E-state index in [-0.39, 0.29) is 6.10 Å². The number of morpholine rings is 1. The number of nitriles is 1. The van der Waals surface area contributed by atoms with Gasteiger partial charge in [0.05, 0.1) is 19.2 Å². The lowest BCUT2D eigenvalue weighted by molar-refractivity contribution is 0.0764. The predicted molar refractivity (Wildman–Crippen MR) is 64.1 cm³/mol. The third-order valence-electron chi connectivity index (χ3n) is 2.96. The van der Waals surface area contributed by atoms with Gasteiger partial charge in [0.25, 0.3) is 0 Å². The van der Waals surface area contributed by atoms with E-state index in [1.807, 2.05) is 25.1 Å². The third kappa shape index (κ3) is 2.45. The lowest BCUT2D eigenvalue weighted by Crippen LogP contribution is -2.41. The standard InChI is InChI=1S/C13H14N2O2/c1-10-6-12(3-2-11(10)9-16)15-4-5-17-13(7-14)8-15/h2-3,6,9,13H,4-5,8H2,1H3. The average molecular weight is 230 g/mol. The Morgan fingerprint density at radius 3 is 3.06 bits per heavy atom. The molecule has 1 heterocycles. The number of hydrogen-bond acceptors (Lipinski definition) is 4. The molecule has 0 spiro atoms.